The zero-order chi connectivity index (χ0) is 12.4. The predicted molar refractivity (Wildman–Crippen MR) is 75.7 cm³/mol. The molecule has 1 aromatic heterocycles. The minimum absolute atomic E-state index is 0.139. The van der Waals surface area contributed by atoms with Gasteiger partial charge in [0.1, 0.15) is 5.01 Å². The highest BCUT2D eigenvalue weighted by atomic mass is 32.1. The number of thiazole rings is 1. The van der Waals surface area contributed by atoms with Gasteiger partial charge in [-0.15, -0.1) is 11.3 Å². The molecule has 1 aromatic carbocycles. The number of rotatable bonds is 3. The Hall–Kier alpha value is -1.19. The van der Waals surface area contributed by atoms with Crippen molar-refractivity contribution in [2.45, 2.75) is 37.6 Å². The Morgan fingerprint density at radius 3 is 2.61 bits per heavy atom. The van der Waals surface area contributed by atoms with E-state index in [0.717, 1.165) is 30.0 Å². The average molecular weight is 258 g/mol. The molecule has 0 aliphatic heterocycles. The van der Waals surface area contributed by atoms with Crippen LogP contribution < -0.4 is 5.73 Å². The maximum absolute atomic E-state index is 6.44. The van der Waals surface area contributed by atoms with E-state index in [0.29, 0.717) is 0 Å². The Kier molecular flexibility index (Phi) is 3.18. The Bertz CT molecular complexity index is 512. The topological polar surface area (TPSA) is 38.9 Å². The van der Waals surface area contributed by atoms with Crippen molar-refractivity contribution in [3.63, 3.8) is 0 Å². The lowest BCUT2D eigenvalue weighted by Crippen LogP contribution is -2.32. The van der Waals surface area contributed by atoms with Gasteiger partial charge in [0.2, 0.25) is 0 Å². The third-order valence-electron chi connectivity index (χ3n) is 3.70. The first-order chi connectivity index (χ1) is 8.76. The second-order valence-corrected chi connectivity index (χ2v) is 6.03. The molecule has 2 aromatic rings. The molecule has 2 N–H and O–H groups in total. The van der Waals surface area contributed by atoms with Gasteiger partial charge in [0.05, 0.1) is 11.2 Å². The highest BCUT2D eigenvalue weighted by Gasteiger charge is 2.33. The molecule has 0 atom stereocenters. The van der Waals surface area contributed by atoms with Gasteiger partial charge in [0, 0.05) is 11.8 Å². The summed E-state index contributed by atoms with van der Waals surface area (Å²) in [6.45, 7) is 0. The summed E-state index contributed by atoms with van der Waals surface area (Å²) in [7, 11) is 0. The van der Waals surface area contributed by atoms with E-state index in [1.807, 2.05) is 6.07 Å². The van der Waals surface area contributed by atoms with E-state index in [4.69, 9.17) is 10.7 Å². The Labute approximate surface area is 112 Å². The zero-order valence-corrected chi connectivity index (χ0v) is 11.2. The standard InChI is InChI=1S/C15H18N2S/c16-15(8-4-5-9-15)14-17-13(11-18-14)10-12-6-2-1-3-7-12/h1-3,6-7,11H,4-5,8-10,16H2. The van der Waals surface area contributed by atoms with Gasteiger partial charge in [-0.2, -0.15) is 0 Å². The van der Waals surface area contributed by atoms with Crippen molar-refractivity contribution >= 4 is 11.3 Å². The second-order valence-electron chi connectivity index (χ2n) is 5.17. The van der Waals surface area contributed by atoms with Crippen LogP contribution >= 0.6 is 11.3 Å². The van der Waals surface area contributed by atoms with Gasteiger partial charge in [-0.05, 0) is 18.4 Å². The maximum Gasteiger partial charge on any atom is 0.113 e. The fourth-order valence-electron chi connectivity index (χ4n) is 2.64. The van der Waals surface area contributed by atoms with E-state index in [2.05, 4.69) is 29.6 Å². The van der Waals surface area contributed by atoms with Crippen LogP contribution in [-0.2, 0) is 12.0 Å². The molecule has 1 aliphatic carbocycles. The summed E-state index contributed by atoms with van der Waals surface area (Å²) in [5.41, 5.74) is 8.76. The lowest BCUT2D eigenvalue weighted by molar-refractivity contribution is 0.458. The number of hydrogen-bond donors (Lipinski definition) is 1. The largest absolute Gasteiger partial charge is 0.319 e. The highest BCUT2D eigenvalue weighted by molar-refractivity contribution is 7.09. The summed E-state index contributed by atoms with van der Waals surface area (Å²) in [4.78, 5) is 4.75. The first kappa shape index (κ1) is 11.9. The van der Waals surface area contributed by atoms with E-state index < -0.39 is 0 Å². The number of nitrogens with two attached hydrogens (primary N) is 1. The summed E-state index contributed by atoms with van der Waals surface area (Å²) in [6.07, 6.45) is 5.57. The molecule has 1 saturated carbocycles. The average Bonchev–Trinajstić information content (AvgIpc) is 3.01. The van der Waals surface area contributed by atoms with Gasteiger partial charge < -0.3 is 5.73 Å². The minimum Gasteiger partial charge on any atom is -0.319 e. The highest BCUT2D eigenvalue weighted by Crippen LogP contribution is 2.37. The summed E-state index contributed by atoms with van der Waals surface area (Å²) in [6, 6.07) is 10.5. The quantitative estimate of drug-likeness (QED) is 0.915. The second kappa shape index (κ2) is 4.82. The molecule has 2 nitrogen and oxygen atoms in total. The van der Waals surface area contributed by atoms with Gasteiger partial charge >= 0.3 is 0 Å². The summed E-state index contributed by atoms with van der Waals surface area (Å²) >= 11 is 1.73. The van der Waals surface area contributed by atoms with Crippen LogP contribution in [-0.4, -0.2) is 4.98 Å². The molecular weight excluding hydrogens is 240 g/mol. The summed E-state index contributed by atoms with van der Waals surface area (Å²) < 4.78 is 0. The van der Waals surface area contributed by atoms with E-state index in [1.54, 1.807) is 11.3 Å². The van der Waals surface area contributed by atoms with Crippen LogP contribution in [0.25, 0.3) is 0 Å². The van der Waals surface area contributed by atoms with Gasteiger partial charge in [-0.3, -0.25) is 0 Å². The number of aromatic nitrogens is 1. The third-order valence-corrected chi connectivity index (χ3v) is 4.81. The van der Waals surface area contributed by atoms with Gasteiger partial charge in [-0.1, -0.05) is 43.2 Å². The fourth-order valence-corrected chi connectivity index (χ4v) is 3.63. The van der Waals surface area contributed by atoms with Crippen molar-refractivity contribution in [3.05, 3.63) is 52.0 Å². The summed E-state index contributed by atoms with van der Waals surface area (Å²) in [5, 5.41) is 3.29. The van der Waals surface area contributed by atoms with Crippen molar-refractivity contribution in [3.8, 4) is 0 Å². The molecule has 94 valence electrons. The maximum atomic E-state index is 6.44. The van der Waals surface area contributed by atoms with E-state index in [1.165, 1.54) is 18.4 Å². The smallest absolute Gasteiger partial charge is 0.113 e. The molecule has 0 bridgehead atoms. The van der Waals surface area contributed by atoms with Crippen LogP contribution in [0.4, 0.5) is 0 Å². The van der Waals surface area contributed by atoms with Crippen LogP contribution in [0.15, 0.2) is 35.7 Å². The van der Waals surface area contributed by atoms with Crippen molar-refractivity contribution in [1.29, 1.82) is 0 Å². The van der Waals surface area contributed by atoms with E-state index >= 15 is 0 Å². The number of nitrogens with zero attached hydrogens (tertiary/aromatic N) is 1. The van der Waals surface area contributed by atoms with Crippen LogP contribution in [0.1, 0.15) is 41.9 Å². The minimum atomic E-state index is -0.139. The molecule has 0 spiro atoms. The summed E-state index contributed by atoms with van der Waals surface area (Å²) in [5.74, 6) is 0. The number of hydrogen-bond acceptors (Lipinski definition) is 3. The van der Waals surface area contributed by atoms with Crippen LogP contribution in [0.5, 0.6) is 0 Å². The normalized spacial score (nSPS) is 18.1. The predicted octanol–water partition coefficient (Wildman–Crippen LogP) is 3.46. The van der Waals surface area contributed by atoms with Gasteiger partial charge in [-0.25, -0.2) is 4.98 Å². The van der Waals surface area contributed by atoms with Crippen LogP contribution in [0.2, 0.25) is 0 Å². The van der Waals surface area contributed by atoms with Gasteiger partial charge in [0.25, 0.3) is 0 Å². The molecule has 0 saturated heterocycles. The first-order valence-electron chi connectivity index (χ1n) is 6.54. The molecule has 1 aliphatic rings. The molecule has 3 heteroatoms. The Morgan fingerprint density at radius 2 is 1.89 bits per heavy atom. The van der Waals surface area contributed by atoms with Crippen molar-refractivity contribution < 1.29 is 0 Å². The van der Waals surface area contributed by atoms with E-state index in [9.17, 15) is 0 Å². The van der Waals surface area contributed by atoms with E-state index in [-0.39, 0.29) is 5.54 Å². The fraction of sp³-hybridized carbons (Fsp3) is 0.400. The molecule has 18 heavy (non-hydrogen) atoms. The molecule has 3 rings (SSSR count). The lowest BCUT2D eigenvalue weighted by atomic mass is 10.0. The van der Waals surface area contributed by atoms with Crippen LogP contribution in [0, 0.1) is 0 Å². The SMILES string of the molecule is NC1(c2nc(Cc3ccccc3)cs2)CCCC1. The van der Waals surface area contributed by atoms with Gasteiger partial charge in [0.15, 0.2) is 0 Å². The number of benzene rings is 1. The van der Waals surface area contributed by atoms with Crippen molar-refractivity contribution in [2.75, 3.05) is 0 Å². The first-order valence-corrected chi connectivity index (χ1v) is 7.42. The van der Waals surface area contributed by atoms with Crippen molar-refractivity contribution in [2.24, 2.45) is 5.73 Å². The lowest BCUT2D eigenvalue weighted by Gasteiger charge is -2.19. The molecule has 1 fully saturated rings. The van der Waals surface area contributed by atoms with Crippen molar-refractivity contribution in [1.82, 2.24) is 4.98 Å². The molecule has 0 unspecified atom stereocenters. The Morgan fingerprint density at radius 1 is 1.17 bits per heavy atom. The molecule has 0 radical (unpaired) electrons. The molecule has 1 heterocycles. The van der Waals surface area contributed by atoms with Crippen LogP contribution in [0.3, 0.4) is 0 Å². The molecule has 0 amide bonds. The third kappa shape index (κ3) is 2.33. The Balaban J connectivity index is 1.78. The monoisotopic (exact) mass is 258 g/mol. The molecular formula is C15H18N2S. The zero-order valence-electron chi connectivity index (χ0n) is 10.4.